The molecule has 0 fully saturated rings. The fourth-order valence-corrected chi connectivity index (χ4v) is 1.84. The molecule has 0 bridgehead atoms. The lowest BCUT2D eigenvalue weighted by Crippen LogP contribution is -2.29. The number of aromatic amines is 1. The maximum atomic E-state index is 11.8. The van der Waals surface area contributed by atoms with Gasteiger partial charge in [0.2, 0.25) is 0 Å². The molecule has 4 heteroatoms. The summed E-state index contributed by atoms with van der Waals surface area (Å²) in [6, 6.07) is 3.60. The van der Waals surface area contributed by atoms with E-state index in [1.165, 1.54) is 6.20 Å². The van der Waals surface area contributed by atoms with Gasteiger partial charge in [0.15, 0.2) is 5.43 Å². The molecule has 0 radical (unpaired) electrons. The van der Waals surface area contributed by atoms with Gasteiger partial charge in [-0.15, -0.1) is 0 Å². The van der Waals surface area contributed by atoms with Crippen LogP contribution >= 0.6 is 0 Å². The van der Waals surface area contributed by atoms with Gasteiger partial charge < -0.3 is 14.9 Å². The van der Waals surface area contributed by atoms with Gasteiger partial charge in [-0.05, 0) is 31.0 Å². The van der Waals surface area contributed by atoms with Gasteiger partial charge in [0, 0.05) is 11.6 Å². The van der Waals surface area contributed by atoms with Gasteiger partial charge in [0.1, 0.15) is 0 Å². The van der Waals surface area contributed by atoms with Crippen molar-refractivity contribution in [3.8, 4) is 0 Å². The molecule has 1 heterocycles. The van der Waals surface area contributed by atoms with E-state index in [2.05, 4.69) is 4.98 Å². The first kappa shape index (κ1) is 10.4. The molecular weight excluding hydrogens is 206 g/mol. The van der Waals surface area contributed by atoms with E-state index in [1.807, 2.05) is 19.9 Å². The van der Waals surface area contributed by atoms with Crippen molar-refractivity contribution in [2.24, 2.45) is 0 Å². The maximum absolute atomic E-state index is 11.8. The third kappa shape index (κ3) is 1.48. The SMILES string of the molecule is Cc1cc(C)c2[nH]cc(C(=O)[O-])c(=O)c2c1. The van der Waals surface area contributed by atoms with E-state index in [0.717, 1.165) is 11.1 Å². The van der Waals surface area contributed by atoms with Crippen LogP contribution < -0.4 is 10.5 Å². The first-order chi connectivity index (χ1) is 7.50. The van der Waals surface area contributed by atoms with Gasteiger partial charge in [0.25, 0.3) is 0 Å². The highest BCUT2D eigenvalue weighted by molar-refractivity contribution is 5.92. The Morgan fingerprint density at radius 2 is 2.00 bits per heavy atom. The molecule has 0 aliphatic carbocycles. The van der Waals surface area contributed by atoms with E-state index in [-0.39, 0.29) is 5.56 Å². The topological polar surface area (TPSA) is 73.0 Å². The van der Waals surface area contributed by atoms with E-state index >= 15 is 0 Å². The minimum atomic E-state index is -1.46. The van der Waals surface area contributed by atoms with Gasteiger partial charge in [-0.25, -0.2) is 0 Å². The molecule has 1 aromatic carbocycles. The minimum Gasteiger partial charge on any atom is -0.545 e. The van der Waals surface area contributed by atoms with Crippen LogP contribution in [0.15, 0.2) is 23.1 Å². The Hall–Kier alpha value is -2.10. The summed E-state index contributed by atoms with van der Waals surface area (Å²) in [5.74, 6) is -1.46. The second kappa shape index (κ2) is 3.48. The molecule has 0 amide bonds. The van der Waals surface area contributed by atoms with Crippen LogP contribution in [0.25, 0.3) is 10.9 Å². The van der Waals surface area contributed by atoms with Gasteiger partial charge in [-0.3, -0.25) is 4.79 Å². The van der Waals surface area contributed by atoms with Gasteiger partial charge >= 0.3 is 0 Å². The average molecular weight is 216 g/mol. The van der Waals surface area contributed by atoms with Gasteiger partial charge in [0.05, 0.1) is 17.0 Å². The van der Waals surface area contributed by atoms with E-state index in [0.29, 0.717) is 10.9 Å². The highest BCUT2D eigenvalue weighted by atomic mass is 16.4. The molecule has 82 valence electrons. The van der Waals surface area contributed by atoms with Crippen molar-refractivity contribution in [2.75, 3.05) is 0 Å². The molecule has 0 aliphatic rings. The second-order valence-corrected chi connectivity index (χ2v) is 3.82. The van der Waals surface area contributed by atoms with Gasteiger partial charge in [-0.2, -0.15) is 0 Å². The van der Waals surface area contributed by atoms with Crippen LogP contribution in [0, 0.1) is 13.8 Å². The molecule has 0 saturated carbocycles. The summed E-state index contributed by atoms with van der Waals surface area (Å²) >= 11 is 0. The number of carbonyl (C=O) groups excluding carboxylic acids is 1. The summed E-state index contributed by atoms with van der Waals surface area (Å²) in [5, 5.41) is 11.1. The van der Waals surface area contributed by atoms with Crippen LogP contribution in [0.3, 0.4) is 0 Å². The van der Waals surface area contributed by atoms with Crippen molar-refractivity contribution >= 4 is 16.9 Å². The number of hydrogen-bond acceptors (Lipinski definition) is 3. The Morgan fingerprint density at radius 3 is 2.62 bits per heavy atom. The first-order valence-corrected chi connectivity index (χ1v) is 4.84. The number of aromatic carboxylic acids is 1. The molecule has 0 saturated heterocycles. The van der Waals surface area contributed by atoms with E-state index in [4.69, 9.17) is 0 Å². The Morgan fingerprint density at radius 1 is 1.31 bits per heavy atom. The monoisotopic (exact) mass is 216 g/mol. The smallest absolute Gasteiger partial charge is 0.198 e. The third-order valence-corrected chi connectivity index (χ3v) is 2.55. The standard InChI is InChI=1S/C12H11NO3/c1-6-3-7(2)10-8(4-6)11(14)9(5-13-10)12(15)16/h3-5H,1-2H3,(H,13,14)(H,15,16)/p-1. The number of fused-ring (bicyclic) bond motifs is 1. The Bertz CT molecular complexity index is 640. The fourth-order valence-electron chi connectivity index (χ4n) is 1.84. The molecular formula is C12H10NO3-. The summed E-state index contributed by atoms with van der Waals surface area (Å²) < 4.78 is 0. The molecule has 0 atom stereocenters. The largest absolute Gasteiger partial charge is 0.545 e. The molecule has 16 heavy (non-hydrogen) atoms. The first-order valence-electron chi connectivity index (χ1n) is 4.84. The van der Waals surface area contributed by atoms with Gasteiger partial charge in [-0.1, -0.05) is 6.07 Å². The van der Waals surface area contributed by atoms with Crippen LogP contribution in [-0.4, -0.2) is 11.0 Å². The number of aryl methyl sites for hydroxylation is 2. The van der Waals surface area contributed by atoms with Crippen LogP contribution in [0.4, 0.5) is 0 Å². The lowest BCUT2D eigenvalue weighted by molar-refractivity contribution is -0.255. The summed E-state index contributed by atoms with van der Waals surface area (Å²) in [6.07, 6.45) is 1.18. The molecule has 1 aromatic heterocycles. The summed E-state index contributed by atoms with van der Waals surface area (Å²) in [6.45, 7) is 3.72. The minimum absolute atomic E-state index is 0.336. The van der Waals surface area contributed by atoms with Crippen molar-refractivity contribution in [3.05, 3.63) is 45.2 Å². The predicted octanol–water partition coefficient (Wildman–Crippen LogP) is 0.508. The zero-order valence-corrected chi connectivity index (χ0v) is 8.96. The van der Waals surface area contributed by atoms with Crippen molar-refractivity contribution < 1.29 is 9.90 Å². The van der Waals surface area contributed by atoms with E-state index in [9.17, 15) is 14.7 Å². The number of carboxylic acid groups (broad SMARTS) is 1. The number of hydrogen-bond donors (Lipinski definition) is 1. The average Bonchev–Trinajstić information content (AvgIpc) is 2.19. The fraction of sp³-hybridized carbons (Fsp3) is 0.167. The van der Waals surface area contributed by atoms with Crippen molar-refractivity contribution in [2.45, 2.75) is 13.8 Å². The molecule has 4 nitrogen and oxygen atoms in total. The third-order valence-electron chi connectivity index (χ3n) is 2.55. The molecule has 2 rings (SSSR count). The van der Waals surface area contributed by atoms with Crippen LogP contribution in [0.2, 0.25) is 0 Å². The molecule has 0 aliphatic heterocycles. The number of benzene rings is 1. The Labute approximate surface area is 91.5 Å². The maximum Gasteiger partial charge on any atom is 0.198 e. The molecule has 0 spiro atoms. The Kier molecular flexibility index (Phi) is 2.27. The van der Waals surface area contributed by atoms with E-state index in [1.54, 1.807) is 6.07 Å². The number of carbonyl (C=O) groups is 1. The van der Waals surface area contributed by atoms with Crippen LogP contribution in [0.1, 0.15) is 21.5 Å². The summed E-state index contributed by atoms with van der Waals surface area (Å²) in [4.78, 5) is 25.4. The summed E-state index contributed by atoms with van der Waals surface area (Å²) in [5.41, 5.74) is 1.67. The van der Waals surface area contributed by atoms with Crippen LogP contribution in [-0.2, 0) is 0 Å². The highest BCUT2D eigenvalue weighted by Gasteiger charge is 2.07. The number of aromatic nitrogens is 1. The number of rotatable bonds is 1. The number of carboxylic acids is 1. The lowest BCUT2D eigenvalue weighted by atomic mass is 10.1. The van der Waals surface area contributed by atoms with Crippen molar-refractivity contribution in [1.29, 1.82) is 0 Å². The molecule has 0 unspecified atom stereocenters. The second-order valence-electron chi connectivity index (χ2n) is 3.82. The Balaban J connectivity index is 2.95. The zero-order valence-electron chi connectivity index (χ0n) is 8.96. The zero-order chi connectivity index (χ0) is 11.9. The highest BCUT2D eigenvalue weighted by Crippen LogP contribution is 2.15. The number of H-pyrrole nitrogens is 1. The molecule has 1 N–H and O–H groups in total. The van der Waals surface area contributed by atoms with Crippen molar-refractivity contribution in [3.63, 3.8) is 0 Å². The molecule has 2 aromatic rings. The summed E-state index contributed by atoms with van der Waals surface area (Å²) in [7, 11) is 0. The number of nitrogens with one attached hydrogen (secondary N) is 1. The van der Waals surface area contributed by atoms with E-state index < -0.39 is 11.4 Å². The van der Waals surface area contributed by atoms with Crippen LogP contribution in [0.5, 0.6) is 0 Å². The number of pyridine rings is 1. The normalized spacial score (nSPS) is 10.6. The lowest BCUT2D eigenvalue weighted by Gasteiger charge is -2.07. The quantitative estimate of drug-likeness (QED) is 0.754. The predicted molar refractivity (Wildman–Crippen MR) is 58.4 cm³/mol. The van der Waals surface area contributed by atoms with Crippen molar-refractivity contribution in [1.82, 2.24) is 4.98 Å².